The summed E-state index contributed by atoms with van der Waals surface area (Å²) in [5.74, 6) is 1.11. The zero-order valence-corrected chi connectivity index (χ0v) is 34.4. The highest BCUT2D eigenvalue weighted by Crippen LogP contribution is 2.46. The molecule has 4 heterocycles. The van der Waals surface area contributed by atoms with Crippen LogP contribution in [0.1, 0.15) is 59.1 Å². The Labute approximate surface area is 358 Å². The molecule has 62 heavy (non-hydrogen) atoms. The summed E-state index contributed by atoms with van der Waals surface area (Å²) in [4.78, 5) is 26.7. The number of aromatic amines is 2. The molecule has 2 aliphatic heterocycles. The van der Waals surface area contributed by atoms with Crippen LogP contribution in [0.25, 0.3) is 21.5 Å². The van der Waals surface area contributed by atoms with Gasteiger partial charge in [-0.15, -0.1) is 0 Å². The van der Waals surface area contributed by atoms with Crippen LogP contribution in [0, 0.1) is 0 Å². The number of anilines is 2. The molecule has 8 aromatic rings. The number of fused-ring (bicyclic) bond motifs is 4. The maximum absolute atomic E-state index is 13.4. The maximum Gasteiger partial charge on any atom is 0.337 e. The van der Waals surface area contributed by atoms with Crippen LogP contribution in [0.4, 0.5) is 11.6 Å². The number of nitrogens with one attached hydrogen (secondary N) is 4. The number of ether oxygens (including phenoxy) is 3. The molecule has 11 nitrogen and oxygen atoms in total. The second-order valence-electron chi connectivity index (χ2n) is 15.2. The Bertz CT molecular complexity index is 2980. The predicted molar refractivity (Wildman–Crippen MR) is 240 cm³/mol. The van der Waals surface area contributed by atoms with E-state index in [2.05, 4.69) is 61.4 Å². The number of carbonyl (C=O) groups is 2. The van der Waals surface area contributed by atoms with Gasteiger partial charge in [0.25, 0.3) is 0 Å². The molecule has 10 rings (SSSR count). The lowest BCUT2D eigenvalue weighted by atomic mass is 9.80. The summed E-state index contributed by atoms with van der Waals surface area (Å²) >= 11 is 0. The van der Waals surface area contributed by atoms with E-state index in [-0.39, 0.29) is 37.0 Å². The van der Waals surface area contributed by atoms with Crippen LogP contribution in [0.3, 0.4) is 0 Å². The molecule has 11 heteroatoms. The van der Waals surface area contributed by atoms with Crippen molar-refractivity contribution in [2.75, 3.05) is 17.7 Å². The molecule has 0 radical (unpaired) electrons. The average molecular weight is 821 g/mol. The molecular formula is C51H44N6O5. The van der Waals surface area contributed by atoms with Gasteiger partial charge >= 0.3 is 11.9 Å². The van der Waals surface area contributed by atoms with Crippen molar-refractivity contribution in [2.24, 2.45) is 0 Å². The van der Waals surface area contributed by atoms with Crippen LogP contribution in [0.2, 0.25) is 0 Å². The number of allylic oxidation sites excluding steroid dienone is 2. The van der Waals surface area contributed by atoms with Gasteiger partial charge in [0, 0.05) is 39.7 Å². The number of rotatable bonds is 9. The molecule has 2 unspecified atom stereocenters. The zero-order valence-electron chi connectivity index (χ0n) is 34.4. The van der Waals surface area contributed by atoms with Crippen LogP contribution in [0.15, 0.2) is 174 Å². The summed E-state index contributed by atoms with van der Waals surface area (Å²) in [7, 11) is 1.66. The van der Waals surface area contributed by atoms with Crippen LogP contribution in [0.5, 0.6) is 5.75 Å². The normalized spacial score (nSPS) is 15.4. The number of hydrogen-bond donors (Lipinski definition) is 4. The molecule has 0 spiro atoms. The lowest BCUT2D eigenvalue weighted by Gasteiger charge is -2.28. The number of hydrogen-bond acceptors (Lipinski definition) is 9. The quantitative estimate of drug-likeness (QED) is 0.105. The molecular weight excluding hydrogens is 777 g/mol. The number of nitrogens with zero attached hydrogens (tertiary/aromatic N) is 2. The monoisotopic (exact) mass is 820 g/mol. The fraction of sp³-hybridized carbons (Fsp3) is 0.137. The van der Waals surface area contributed by atoms with Gasteiger partial charge in [-0.1, -0.05) is 133 Å². The van der Waals surface area contributed by atoms with Gasteiger partial charge in [-0.05, 0) is 58.3 Å². The molecule has 0 amide bonds. The molecule has 308 valence electrons. The van der Waals surface area contributed by atoms with Crippen molar-refractivity contribution >= 4 is 45.1 Å². The summed E-state index contributed by atoms with van der Waals surface area (Å²) in [6.45, 7) is 4.24. The van der Waals surface area contributed by atoms with Crippen molar-refractivity contribution in [2.45, 2.75) is 38.9 Å². The summed E-state index contributed by atoms with van der Waals surface area (Å²) in [6, 6.07) is 45.8. The number of H-pyrrole nitrogens is 2. The Hall–Kier alpha value is -7.92. The Morgan fingerprint density at radius 1 is 0.516 bits per heavy atom. The minimum absolute atomic E-state index is 0.213. The smallest absolute Gasteiger partial charge is 0.337 e. The summed E-state index contributed by atoms with van der Waals surface area (Å²) < 4.78 is 17.0. The Morgan fingerprint density at radius 2 is 0.984 bits per heavy atom. The average Bonchev–Trinajstić information content (AvgIpc) is 3.99. The van der Waals surface area contributed by atoms with Gasteiger partial charge in [0.15, 0.2) is 0 Å². The van der Waals surface area contributed by atoms with E-state index >= 15 is 0 Å². The highest BCUT2D eigenvalue weighted by Gasteiger charge is 2.37. The van der Waals surface area contributed by atoms with Crippen molar-refractivity contribution in [1.29, 1.82) is 0 Å². The summed E-state index contributed by atoms with van der Waals surface area (Å²) in [5, 5.41) is 25.3. The SMILES string of the molecule is CC1=C(C(=O)OCc2ccccc2)C(c2cccc3ccccc23)c2cn[nH]c2N1.COc1ccc(C2C(C(=O)OCc3ccccc3)=C(C)Nc3[nH]ncc32)c2ccccc12. The Kier molecular flexibility index (Phi) is 11.1. The van der Waals surface area contributed by atoms with Crippen molar-refractivity contribution in [3.8, 4) is 5.75 Å². The van der Waals surface area contributed by atoms with Crippen LogP contribution in [-0.4, -0.2) is 39.4 Å². The molecule has 0 aliphatic carbocycles. The number of methoxy groups -OCH3 is 1. The van der Waals surface area contributed by atoms with E-state index in [4.69, 9.17) is 14.2 Å². The maximum atomic E-state index is 13.4. The first-order chi connectivity index (χ1) is 30.4. The van der Waals surface area contributed by atoms with Gasteiger partial charge in [-0.25, -0.2) is 9.59 Å². The standard InChI is InChI=1S/C26H23N3O3.C25H21N3O2/c1-16-23(26(30)32-15-17-8-4-3-5-9-17)24(21-14-27-29-25(21)28-16)20-12-13-22(31-2)19-11-7-6-10-18(19)20;1-16-22(25(29)30-15-17-8-3-2-4-9-17)23(21-14-26-28-24(21)27-16)20-13-7-11-18-10-5-6-12-19(18)20/h3-14,24H,15H2,1-2H3,(H2,27,28,29);2-14,23H,15H2,1H3,(H2,26,27,28). The fourth-order valence-corrected chi connectivity index (χ4v) is 8.50. The second kappa shape index (κ2) is 17.4. The minimum Gasteiger partial charge on any atom is -0.496 e. The van der Waals surface area contributed by atoms with Crippen molar-refractivity contribution in [3.05, 3.63) is 208 Å². The third-order valence-electron chi connectivity index (χ3n) is 11.4. The minimum atomic E-state index is -0.351. The third kappa shape index (κ3) is 7.67. The van der Waals surface area contributed by atoms with Crippen LogP contribution in [-0.2, 0) is 32.3 Å². The van der Waals surface area contributed by atoms with Gasteiger partial charge in [0.1, 0.15) is 30.6 Å². The fourth-order valence-electron chi connectivity index (χ4n) is 8.50. The number of benzene rings is 6. The lowest BCUT2D eigenvalue weighted by Crippen LogP contribution is -2.24. The third-order valence-corrected chi connectivity index (χ3v) is 11.4. The van der Waals surface area contributed by atoms with E-state index in [1.54, 1.807) is 19.5 Å². The van der Waals surface area contributed by atoms with Gasteiger partial charge < -0.3 is 24.8 Å². The van der Waals surface area contributed by atoms with E-state index in [0.717, 1.165) is 83.7 Å². The van der Waals surface area contributed by atoms with Gasteiger partial charge in [-0.3, -0.25) is 10.2 Å². The highest BCUT2D eigenvalue weighted by atomic mass is 16.5. The van der Waals surface area contributed by atoms with E-state index in [0.29, 0.717) is 11.1 Å². The van der Waals surface area contributed by atoms with Crippen molar-refractivity contribution in [1.82, 2.24) is 20.4 Å². The van der Waals surface area contributed by atoms with Gasteiger partial charge in [0.2, 0.25) is 0 Å². The van der Waals surface area contributed by atoms with Crippen molar-refractivity contribution in [3.63, 3.8) is 0 Å². The largest absolute Gasteiger partial charge is 0.496 e. The van der Waals surface area contributed by atoms with E-state index in [1.165, 1.54) is 0 Å². The Balaban J connectivity index is 0.000000158. The number of esters is 2. The first kappa shape index (κ1) is 39.5. The topological polar surface area (TPSA) is 143 Å². The molecule has 2 aromatic heterocycles. The van der Waals surface area contributed by atoms with E-state index in [9.17, 15) is 9.59 Å². The van der Waals surface area contributed by atoms with E-state index < -0.39 is 0 Å². The number of carbonyl (C=O) groups excluding carboxylic acids is 2. The summed E-state index contributed by atoms with van der Waals surface area (Å²) in [5.41, 5.74) is 8.48. The molecule has 0 saturated carbocycles. The van der Waals surface area contributed by atoms with Gasteiger partial charge in [-0.2, -0.15) is 10.2 Å². The molecule has 4 N–H and O–H groups in total. The molecule has 0 fully saturated rings. The summed E-state index contributed by atoms with van der Waals surface area (Å²) in [6.07, 6.45) is 3.55. The molecule has 0 saturated heterocycles. The second-order valence-corrected chi connectivity index (χ2v) is 15.2. The van der Waals surface area contributed by atoms with Crippen molar-refractivity contribution < 1.29 is 23.8 Å². The first-order valence-corrected chi connectivity index (χ1v) is 20.4. The van der Waals surface area contributed by atoms with Crippen LogP contribution < -0.4 is 15.4 Å². The molecule has 0 bridgehead atoms. The Morgan fingerprint density at radius 3 is 1.53 bits per heavy atom. The lowest BCUT2D eigenvalue weighted by molar-refractivity contribution is -0.141. The molecule has 6 aromatic carbocycles. The highest BCUT2D eigenvalue weighted by molar-refractivity contribution is 5.99. The van der Waals surface area contributed by atoms with E-state index in [1.807, 2.05) is 123 Å². The molecule has 2 aliphatic rings. The molecule has 2 atom stereocenters. The van der Waals surface area contributed by atoms with Gasteiger partial charge in [0.05, 0.1) is 30.6 Å². The zero-order chi connectivity index (χ0) is 42.6. The van der Waals surface area contributed by atoms with Crippen LogP contribution >= 0.6 is 0 Å². The number of aromatic nitrogens is 4. The first-order valence-electron chi connectivity index (χ1n) is 20.4. The predicted octanol–water partition coefficient (Wildman–Crippen LogP) is 10.3.